The summed E-state index contributed by atoms with van der Waals surface area (Å²) in [4.78, 5) is 16.6. The minimum atomic E-state index is -0.161. The van der Waals surface area contributed by atoms with Gasteiger partial charge in [0.25, 0.3) is 0 Å². The van der Waals surface area contributed by atoms with Crippen LogP contribution in [0.1, 0.15) is 5.76 Å². The molecular weight excluding hydrogens is 258 g/mol. The second kappa shape index (κ2) is 5.95. The Labute approximate surface area is 118 Å². The van der Waals surface area contributed by atoms with Crippen molar-refractivity contribution in [2.45, 2.75) is 12.6 Å². The molecule has 2 aliphatic heterocycles. The first-order chi connectivity index (χ1) is 9.74. The van der Waals surface area contributed by atoms with E-state index in [9.17, 15) is 4.79 Å². The normalized spacial score (nSPS) is 27.9. The van der Waals surface area contributed by atoms with Crippen LogP contribution in [0.2, 0.25) is 0 Å². The van der Waals surface area contributed by atoms with Gasteiger partial charge in [0.05, 0.1) is 31.9 Å². The average molecular weight is 279 g/mol. The van der Waals surface area contributed by atoms with Gasteiger partial charge in [-0.15, -0.1) is 0 Å². The van der Waals surface area contributed by atoms with Gasteiger partial charge < -0.3 is 19.8 Å². The van der Waals surface area contributed by atoms with Crippen LogP contribution in [-0.4, -0.2) is 61.1 Å². The standard InChI is InChI=1S/C14H21N3O3/c15-13-10-19-9-12(13)14(18)17-5-3-16(4-6-17)8-11-2-1-7-20-11/h1-2,7,12-13H,3-6,8-10,15H2. The molecule has 3 heterocycles. The number of furan rings is 1. The number of piperazine rings is 1. The van der Waals surface area contributed by atoms with Gasteiger partial charge in [-0.1, -0.05) is 0 Å². The molecule has 6 nitrogen and oxygen atoms in total. The van der Waals surface area contributed by atoms with E-state index in [0.717, 1.165) is 38.5 Å². The van der Waals surface area contributed by atoms with Crippen molar-refractivity contribution in [1.82, 2.24) is 9.80 Å². The smallest absolute Gasteiger partial charge is 0.229 e. The van der Waals surface area contributed by atoms with E-state index in [-0.39, 0.29) is 17.9 Å². The van der Waals surface area contributed by atoms with Crippen molar-refractivity contribution in [3.63, 3.8) is 0 Å². The van der Waals surface area contributed by atoms with Gasteiger partial charge >= 0.3 is 0 Å². The van der Waals surface area contributed by atoms with E-state index in [1.54, 1.807) is 6.26 Å². The molecule has 0 aromatic carbocycles. The van der Waals surface area contributed by atoms with Crippen molar-refractivity contribution in [2.24, 2.45) is 11.7 Å². The molecule has 2 N–H and O–H groups in total. The second-order valence-corrected chi connectivity index (χ2v) is 5.49. The Bertz CT molecular complexity index is 441. The molecule has 20 heavy (non-hydrogen) atoms. The Balaban J connectivity index is 1.49. The Kier molecular flexibility index (Phi) is 4.05. The minimum absolute atomic E-state index is 0.146. The van der Waals surface area contributed by atoms with Crippen LogP contribution >= 0.6 is 0 Å². The van der Waals surface area contributed by atoms with E-state index in [1.807, 2.05) is 17.0 Å². The summed E-state index contributed by atoms with van der Waals surface area (Å²) in [5.74, 6) is 0.954. The summed E-state index contributed by atoms with van der Waals surface area (Å²) >= 11 is 0. The maximum atomic E-state index is 12.4. The predicted octanol–water partition coefficient (Wildman–Crippen LogP) is -0.102. The van der Waals surface area contributed by atoms with Gasteiger partial charge in [0.15, 0.2) is 0 Å². The van der Waals surface area contributed by atoms with Crippen molar-refractivity contribution in [2.75, 3.05) is 39.4 Å². The fourth-order valence-corrected chi connectivity index (χ4v) is 2.81. The fourth-order valence-electron chi connectivity index (χ4n) is 2.81. The third-order valence-electron chi connectivity index (χ3n) is 4.09. The van der Waals surface area contributed by atoms with Crippen LogP contribution in [0.3, 0.4) is 0 Å². The predicted molar refractivity (Wildman–Crippen MR) is 72.8 cm³/mol. The van der Waals surface area contributed by atoms with Crippen LogP contribution in [-0.2, 0) is 16.1 Å². The summed E-state index contributed by atoms with van der Waals surface area (Å²) in [5, 5.41) is 0. The summed E-state index contributed by atoms with van der Waals surface area (Å²) in [5.41, 5.74) is 5.91. The summed E-state index contributed by atoms with van der Waals surface area (Å²) in [6.45, 7) is 5.01. The zero-order chi connectivity index (χ0) is 13.9. The lowest BCUT2D eigenvalue weighted by Gasteiger charge is -2.35. The highest BCUT2D eigenvalue weighted by atomic mass is 16.5. The molecule has 2 atom stereocenters. The number of carbonyl (C=O) groups excluding carboxylic acids is 1. The summed E-state index contributed by atoms with van der Waals surface area (Å²) in [7, 11) is 0. The molecule has 0 aliphatic carbocycles. The molecular formula is C14H21N3O3. The molecule has 2 aliphatic rings. The molecule has 2 unspecified atom stereocenters. The highest BCUT2D eigenvalue weighted by molar-refractivity contribution is 5.80. The molecule has 0 radical (unpaired) electrons. The number of hydrogen-bond donors (Lipinski definition) is 1. The summed E-state index contributed by atoms with van der Waals surface area (Å²) in [6.07, 6.45) is 1.69. The Morgan fingerprint density at radius 3 is 2.70 bits per heavy atom. The molecule has 0 spiro atoms. The van der Waals surface area contributed by atoms with Gasteiger partial charge in [-0.2, -0.15) is 0 Å². The van der Waals surface area contributed by atoms with Crippen molar-refractivity contribution >= 4 is 5.91 Å². The SMILES string of the molecule is NC1COCC1C(=O)N1CCN(Cc2ccco2)CC1. The number of nitrogens with zero attached hydrogens (tertiary/aromatic N) is 2. The van der Waals surface area contributed by atoms with Crippen molar-refractivity contribution in [3.05, 3.63) is 24.2 Å². The number of amides is 1. The van der Waals surface area contributed by atoms with Gasteiger partial charge in [-0.05, 0) is 12.1 Å². The van der Waals surface area contributed by atoms with E-state index in [4.69, 9.17) is 14.9 Å². The zero-order valence-corrected chi connectivity index (χ0v) is 11.5. The van der Waals surface area contributed by atoms with E-state index in [0.29, 0.717) is 13.2 Å². The van der Waals surface area contributed by atoms with Gasteiger partial charge in [-0.3, -0.25) is 9.69 Å². The topological polar surface area (TPSA) is 71.9 Å². The van der Waals surface area contributed by atoms with Crippen LogP contribution in [0.4, 0.5) is 0 Å². The molecule has 0 bridgehead atoms. The van der Waals surface area contributed by atoms with E-state index in [2.05, 4.69) is 4.90 Å². The first kappa shape index (κ1) is 13.6. The van der Waals surface area contributed by atoms with E-state index in [1.165, 1.54) is 0 Å². The first-order valence-corrected chi connectivity index (χ1v) is 7.11. The molecule has 0 saturated carbocycles. The van der Waals surface area contributed by atoms with Gasteiger partial charge in [-0.25, -0.2) is 0 Å². The Morgan fingerprint density at radius 2 is 2.10 bits per heavy atom. The molecule has 1 amide bonds. The number of ether oxygens (including phenoxy) is 1. The first-order valence-electron chi connectivity index (χ1n) is 7.11. The molecule has 110 valence electrons. The number of rotatable bonds is 3. The lowest BCUT2D eigenvalue weighted by Crippen LogP contribution is -2.52. The quantitative estimate of drug-likeness (QED) is 0.836. The number of carbonyl (C=O) groups is 1. The van der Waals surface area contributed by atoms with Crippen molar-refractivity contribution < 1.29 is 13.9 Å². The Hall–Kier alpha value is -1.37. The lowest BCUT2D eigenvalue weighted by atomic mass is 10.0. The molecule has 2 fully saturated rings. The molecule has 3 rings (SSSR count). The van der Waals surface area contributed by atoms with Crippen LogP contribution in [0.15, 0.2) is 22.8 Å². The van der Waals surface area contributed by atoms with Gasteiger partial charge in [0.2, 0.25) is 5.91 Å². The summed E-state index contributed by atoms with van der Waals surface area (Å²) < 4.78 is 10.6. The van der Waals surface area contributed by atoms with Crippen LogP contribution < -0.4 is 5.73 Å². The molecule has 2 saturated heterocycles. The fraction of sp³-hybridized carbons (Fsp3) is 0.643. The highest BCUT2D eigenvalue weighted by Crippen LogP contribution is 2.17. The number of hydrogen-bond acceptors (Lipinski definition) is 5. The summed E-state index contributed by atoms with van der Waals surface area (Å²) in [6, 6.07) is 3.73. The molecule has 6 heteroatoms. The number of nitrogens with two attached hydrogens (primary N) is 1. The third-order valence-corrected chi connectivity index (χ3v) is 4.09. The average Bonchev–Trinajstić information content (AvgIpc) is 3.10. The van der Waals surface area contributed by atoms with Gasteiger partial charge in [0, 0.05) is 32.2 Å². The lowest BCUT2D eigenvalue weighted by molar-refractivity contribution is -0.137. The maximum absolute atomic E-state index is 12.4. The van der Waals surface area contributed by atoms with E-state index < -0.39 is 0 Å². The largest absolute Gasteiger partial charge is 0.468 e. The molecule has 1 aromatic heterocycles. The second-order valence-electron chi connectivity index (χ2n) is 5.49. The highest BCUT2D eigenvalue weighted by Gasteiger charge is 2.35. The maximum Gasteiger partial charge on any atom is 0.229 e. The third kappa shape index (κ3) is 2.87. The van der Waals surface area contributed by atoms with E-state index >= 15 is 0 Å². The Morgan fingerprint density at radius 1 is 1.30 bits per heavy atom. The van der Waals surface area contributed by atoms with Crippen LogP contribution in [0.25, 0.3) is 0 Å². The zero-order valence-electron chi connectivity index (χ0n) is 11.5. The van der Waals surface area contributed by atoms with Crippen molar-refractivity contribution in [3.8, 4) is 0 Å². The molecule has 1 aromatic rings. The minimum Gasteiger partial charge on any atom is -0.468 e. The van der Waals surface area contributed by atoms with Crippen LogP contribution in [0.5, 0.6) is 0 Å². The van der Waals surface area contributed by atoms with Crippen LogP contribution in [0, 0.1) is 5.92 Å². The monoisotopic (exact) mass is 279 g/mol. The van der Waals surface area contributed by atoms with Gasteiger partial charge in [0.1, 0.15) is 5.76 Å². The van der Waals surface area contributed by atoms with Crippen molar-refractivity contribution in [1.29, 1.82) is 0 Å².